The van der Waals surface area contributed by atoms with Crippen molar-refractivity contribution in [1.82, 2.24) is 4.98 Å². The Labute approximate surface area is 226 Å². The molecule has 0 radical (unpaired) electrons. The maximum Gasteiger partial charge on any atom is 0.303 e. The normalized spacial score (nSPS) is 12.4. The average Bonchev–Trinajstić information content (AvgIpc) is 2.93. The highest BCUT2D eigenvalue weighted by Gasteiger charge is 2.26. The van der Waals surface area contributed by atoms with Crippen LogP contribution in [0, 0.1) is 0 Å². The number of aliphatic carboxylic acids is 1. The quantitative estimate of drug-likeness (QED) is 0.291. The number of nitrogens with one attached hydrogen (secondary N) is 1. The van der Waals surface area contributed by atoms with E-state index in [0.29, 0.717) is 11.3 Å². The van der Waals surface area contributed by atoms with E-state index in [1.165, 1.54) is 54.7 Å². The van der Waals surface area contributed by atoms with Crippen LogP contribution in [-0.4, -0.2) is 44.6 Å². The molecule has 0 aliphatic rings. The van der Waals surface area contributed by atoms with E-state index >= 15 is 0 Å². The predicted molar refractivity (Wildman–Crippen MR) is 144 cm³/mol. The largest absolute Gasteiger partial charge is 0.481 e. The van der Waals surface area contributed by atoms with Crippen molar-refractivity contribution in [3.8, 4) is 0 Å². The molecule has 1 amide bonds. The van der Waals surface area contributed by atoms with Crippen molar-refractivity contribution in [2.45, 2.75) is 27.0 Å². The maximum absolute atomic E-state index is 13.1. The highest BCUT2D eigenvalue weighted by Crippen LogP contribution is 2.27. The summed E-state index contributed by atoms with van der Waals surface area (Å²) in [6.45, 7) is 0. The number of pyridine rings is 1. The maximum atomic E-state index is 13.1. The van der Waals surface area contributed by atoms with Crippen molar-refractivity contribution < 1.29 is 31.5 Å². The lowest BCUT2D eigenvalue weighted by atomic mass is 9.98. The topological polar surface area (TPSA) is 148 Å². The molecule has 4 aromatic rings. The molecule has 1 aromatic heterocycles. The summed E-state index contributed by atoms with van der Waals surface area (Å²) in [6.07, 6.45) is 1.12. The van der Waals surface area contributed by atoms with E-state index in [1.807, 2.05) is 0 Å². The highest BCUT2D eigenvalue weighted by atomic mass is 32.2. The summed E-state index contributed by atoms with van der Waals surface area (Å²) in [5, 5.41) is 11.9. The summed E-state index contributed by atoms with van der Waals surface area (Å²) in [6, 6.07) is 23.8. The van der Waals surface area contributed by atoms with Crippen molar-refractivity contribution in [2.75, 3.05) is 11.1 Å². The minimum absolute atomic E-state index is 0.0421. The molecule has 9 nitrogen and oxygen atoms in total. The van der Waals surface area contributed by atoms with Gasteiger partial charge in [0.15, 0.2) is 9.84 Å². The zero-order chi connectivity index (χ0) is 28.0. The van der Waals surface area contributed by atoms with Crippen LogP contribution < -0.4 is 5.32 Å². The fraction of sp³-hybridized carbons (Fsp3) is 0.107. The summed E-state index contributed by atoms with van der Waals surface area (Å²) in [7, 11) is -7.90. The monoisotopic (exact) mass is 564 g/mol. The van der Waals surface area contributed by atoms with Gasteiger partial charge in [-0.25, -0.2) is 16.8 Å². The van der Waals surface area contributed by atoms with Gasteiger partial charge in [0, 0.05) is 17.8 Å². The third-order valence-electron chi connectivity index (χ3n) is 5.93. The van der Waals surface area contributed by atoms with Crippen molar-refractivity contribution in [3.63, 3.8) is 0 Å². The van der Waals surface area contributed by atoms with E-state index in [9.17, 15) is 31.5 Å². The minimum Gasteiger partial charge on any atom is -0.481 e. The summed E-state index contributed by atoms with van der Waals surface area (Å²) in [5.74, 6) is -2.78. The number of carboxylic acid groups (broad SMARTS) is 1. The van der Waals surface area contributed by atoms with Crippen LogP contribution >= 0.6 is 0 Å². The number of hydrogen-bond acceptors (Lipinski definition) is 7. The molecule has 0 aliphatic carbocycles. The first kappa shape index (κ1) is 27.7. The van der Waals surface area contributed by atoms with Gasteiger partial charge in [0.25, 0.3) is 5.91 Å². The first-order valence-corrected chi connectivity index (χ1v) is 14.9. The number of carbonyl (C=O) groups is 2. The highest BCUT2D eigenvalue weighted by molar-refractivity contribution is 7.92. The third-order valence-corrected chi connectivity index (χ3v) is 9.54. The lowest BCUT2D eigenvalue weighted by Gasteiger charge is -2.16. The number of sulfone groups is 2. The molecule has 2 N–H and O–H groups in total. The van der Waals surface area contributed by atoms with E-state index in [0.717, 1.165) is 0 Å². The summed E-state index contributed by atoms with van der Waals surface area (Å²) < 4.78 is 52.4. The molecule has 0 saturated carbocycles. The number of aromatic nitrogens is 1. The second kappa shape index (κ2) is 11.6. The second-order valence-electron chi connectivity index (χ2n) is 8.66. The van der Waals surface area contributed by atoms with Gasteiger partial charge in [0.1, 0.15) is 5.69 Å². The molecule has 1 heterocycles. The van der Waals surface area contributed by atoms with Crippen molar-refractivity contribution in [2.24, 2.45) is 0 Å². The molecule has 39 heavy (non-hydrogen) atoms. The van der Waals surface area contributed by atoms with E-state index in [4.69, 9.17) is 0 Å². The summed E-state index contributed by atoms with van der Waals surface area (Å²) in [5.41, 5.74) is 1.17. The van der Waals surface area contributed by atoms with Gasteiger partial charge >= 0.3 is 5.97 Å². The Morgan fingerprint density at radius 3 is 1.87 bits per heavy atom. The number of benzene rings is 3. The number of carbonyl (C=O) groups excluding carboxylic acids is 1. The molecule has 0 saturated heterocycles. The Morgan fingerprint density at radius 2 is 1.31 bits per heavy atom. The smallest absolute Gasteiger partial charge is 0.303 e. The van der Waals surface area contributed by atoms with Gasteiger partial charge < -0.3 is 10.4 Å². The lowest BCUT2D eigenvalue weighted by molar-refractivity contribution is -0.137. The van der Waals surface area contributed by atoms with Crippen LogP contribution in [0.15, 0.2) is 118 Å². The molecule has 0 fully saturated rings. The molecule has 200 valence electrons. The van der Waals surface area contributed by atoms with Crippen LogP contribution in [0.5, 0.6) is 0 Å². The summed E-state index contributed by atoms with van der Waals surface area (Å²) >= 11 is 0. The molecule has 0 spiro atoms. The van der Waals surface area contributed by atoms with Crippen molar-refractivity contribution in [1.29, 1.82) is 0 Å². The van der Waals surface area contributed by atoms with Gasteiger partial charge in [-0.15, -0.1) is 0 Å². The number of hydrogen-bond donors (Lipinski definition) is 2. The van der Waals surface area contributed by atoms with Crippen molar-refractivity contribution >= 4 is 37.2 Å². The molecule has 4 rings (SSSR count). The van der Waals surface area contributed by atoms with Crippen LogP contribution in [0.2, 0.25) is 0 Å². The molecule has 1 atom stereocenters. The van der Waals surface area contributed by atoms with Gasteiger partial charge in [0.05, 0.1) is 26.9 Å². The first-order chi connectivity index (χ1) is 18.6. The Kier molecular flexibility index (Phi) is 8.22. The number of anilines is 1. The van der Waals surface area contributed by atoms with Gasteiger partial charge in [-0.3, -0.25) is 14.6 Å². The first-order valence-electron chi connectivity index (χ1n) is 11.7. The minimum atomic E-state index is -3.98. The van der Waals surface area contributed by atoms with Crippen LogP contribution in [-0.2, 0) is 24.5 Å². The Hall–Kier alpha value is -4.35. The Balaban J connectivity index is 1.50. The molecule has 11 heteroatoms. The van der Waals surface area contributed by atoms with Crippen LogP contribution in [0.1, 0.15) is 28.4 Å². The van der Waals surface area contributed by atoms with Crippen molar-refractivity contribution in [3.05, 3.63) is 115 Å². The Bertz CT molecular complexity index is 1670. The van der Waals surface area contributed by atoms with E-state index in [-0.39, 0.29) is 26.8 Å². The molecule has 1 unspecified atom stereocenters. The predicted octanol–water partition coefficient (Wildman–Crippen LogP) is 4.20. The van der Waals surface area contributed by atoms with Crippen LogP contribution in [0.25, 0.3) is 0 Å². The standard InChI is InChI=1S/C28H24N2O7S2/c31-27(32)18-21(20-6-2-1-3-7-20)19-38(34,35)23-13-15-25(16-14-23)39(36,37)24-11-9-22(10-12-24)30-28(33)26-8-4-5-17-29-26/h1-17,21H,18-19H2,(H,30,33)(H,31,32). The SMILES string of the molecule is O=C(O)CC(CS(=O)(=O)c1ccc(S(=O)(=O)c2ccc(NC(=O)c3ccccn3)cc2)cc1)c1ccccc1. The number of nitrogens with zero attached hydrogens (tertiary/aromatic N) is 1. The number of amides is 1. The van der Waals surface area contributed by atoms with Gasteiger partial charge in [-0.2, -0.15) is 0 Å². The molecule has 0 bridgehead atoms. The Morgan fingerprint density at radius 1 is 0.744 bits per heavy atom. The molecule has 0 aliphatic heterocycles. The van der Waals surface area contributed by atoms with Crippen LogP contribution in [0.3, 0.4) is 0 Å². The van der Waals surface area contributed by atoms with Gasteiger partial charge in [0.2, 0.25) is 9.84 Å². The number of rotatable bonds is 10. The fourth-order valence-corrected chi connectivity index (χ4v) is 6.79. The fourth-order valence-electron chi connectivity index (χ4n) is 3.94. The lowest BCUT2D eigenvalue weighted by Crippen LogP contribution is -2.18. The molecular weight excluding hydrogens is 540 g/mol. The van der Waals surface area contributed by atoms with Gasteiger partial charge in [-0.1, -0.05) is 36.4 Å². The van der Waals surface area contributed by atoms with E-state index in [2.05, 4.69) is 10.3 Å². The number of carboxylic acids is 1. The average molecular weight is 565 g/mol. The van der Waals surface area contributed by atoms with E-state index in [1.54, 1.807) is 48.5 Å². The summed E-state index contributed by atoms with van der Waals surface area (Å²) in [4.78, 5) is 27.3. The zero-order valence-corrected chi connectivity index (χ0v) is 22.1. The molecule has 3 aromatic carbocycles. The van der Waals surface area contributed by atoms with Gasteiger partial charge in [-0.05, 0) is 66.2 Å². The second-order valence-corrected chi connectivity index (χ2v) is 12.6. The van der Waals surface area contributed by atoms with Crippen LogP contribution in [0.4, 0.5) is 5.69 Å². The third kappa shape index (κ3) is 6.75. The molecular formula is C28H24N2O7S2. The van der Waals surface area contributed by atoms with E-state index < -0.39 is 43.2 Å². The zero-order valence-electron chi connectivity index (χ0n) is 20.5.